The standard InChI is InChI=1S/C12H16BrN3OS/c1-3-7-14-8(4-2)11-15-16-12(18-11)9-5-6-10(13)17-9/h5-6,8,14H,3-4,7H2,1-2H3. The second-order valence-corrected chi connectivity index (χ2v) is 5.75. The van der Waals surface area contributed by atoms with E-state index in [0.717, 1.165) is 35.2 Å². The zero-order chi connectivity index (χ0) is 13.0. The molecule has 1 atom stereocenters. The molecule has 1 unspecified atom stereocenters. The average Bonchev–Trinajstić information content (AvgIpc) is 2.99. The third kappa shape index (κ3) is 3.18. The van der Waals surface area contributed by atoms with E-state index in [1.54, 1.807) is 11.3 Å². The van der Waals surface area contributed by atoms with Gasteiger partial charge in [0.25, 0.3) is 0 Å². The van der Waals surface area contributed by atoms with Crippen molar-refractivity contribution in [3.63, 3.8) is 0 Å². The molecule has 0 aromatic carbocycles. The minimum absolute atomic E-state index is 0.287. The van der Waals surface area contributed by atoms with E-state index in [0.29, 0.717) is 4.67 Å². The van der Waals surface area contributed by atoms with E-state index in [1.165, 1.54) is 0 Å². The van der Waals surface area contributed by atoms with Crippen LogP contribution in [0.1, 0.15) is 37.7 Å². The van der Waals surface area contributed by atoms with Crippen molar-refractivity contribution in [3.05, 3.63) is 21.8 Å². The molecule has 0 amide bonds. The molecule has 2 heterocycles. The van der Waals surface area contributed by atoms with E-state index in [9.17, 15) is 0 Å². The number of rotatable bonds is 6. The lowest BCUT2D eigenvalue weighted by Gasteiger charge is -2.12. The van der Waals surface area contributed by atoms with Gasteiger partial charge in [-0.1, -0.05) is 25.2 Å². The molecule has 0 aliphatic rings. The molecule has 98 valence electrons. The fourth-order valence-corrected chi connectivity index (χ4v) is 2.90. The monoisotopic (exact) mass is 329 g/mol. The summed E-state index contributed by atoms with van der Waals surface area (Å²) >= 11 is 4.87. The molecule has 0 radical (unpaired) electrons. The Morgan fingerprint density at radius 1 is 1.39 bits per heavy atom. The quantitative estimate of drug-likeness (QED) is 0.869. The van der Waals surface area contributed by atoms with Gasteiger partial charge in [0.15, 0.2) is 15.4 Å². The summed E-state index contributed by atoms with van der Waals surface area (Å²) in [5.74, 6) is 0.760. The van der Waals surface area contributed by atoms with E-state index in [-0.39, 0.29) is 6.04 Å². The van der Waals surface area contributed by atoms with Crippen LogP contribution in [0.5, 0.6) is 0 Å². The zero-order valence-electron chi connectivity index (χ0n) is 10.4. The predicted octanol–water partition coefficient (Wildman–Crippen LogP) is 4.01. The van der Waals surface area contributed by atoms with Gasteiger partial charge in [-0.05, 0) is 47.4 Å². The van der Waals surface area contributed by atoms with Gasteiger partial charge >= 0.3 is 0 Å². The van der Waals surface area contributed by atoms with E-state index < -0.39 is 0 Å². The number of halogens is 1. The van der Waals surface area contributed by atoms with Crippen molar-refractivity contribution in [3.8, 4) is 10.8 Å². The topological polar surface area (TPSA) is 51.0 Å². The SMILES string of the molecule is CCCNC(CC)c1nnc(-c2ccc(Br)o2)s1. The third-order valence-electron chi connectivity index (χ3n) is 2.57. The smallest absolute Gasteiger partial charge is 0.183 e. The number of aromatic nitrogens is 2. The van der Waals surface area contributed by atoms with Crippen LogP contribution in [0.2, 0.25) is 0 Å². The molecule has 2 rings (SSSR count). The van der Waals surface area contributed by atoms with Gasteiger partial charge in [-0.15, -0.1) is 10.2 Å². The maximum atomic E-state index is 5.48. The Hall–Kier alpha value is -0.720. The summed E-state index contributed by atoms with van der Waals surface area (Å²) in [5, 5.41) is 13.8. The zero-order valence-corrected chi connectivity index (χ0v) is 12.8. The molecule has 0 saturated carbocycles. The van der Waals surface area contributed by atoms with Gasteiger partial charge in [0.2, 0.25) is 0 Å². The minimum atomic E-state index is 0.287. The van der Waals surface area contributed by atoms with Crippen LogP contribution in [0.4, 0.5) is 0 Å². The molecule has 0 aliphatic carbocycles. The summed E-state index contributed by atoms with van der Waals surface area (Å²) in [4.78, 5) is 0. The largest absolute Gasteiger partial charge is 0.447 e. The fraction of sp³-hybridized carbons (Fsp3) is 0.500. The van der Waals surface area contributed by atoms with Crippen molar-refractivity contribution in [2.45, 2.75) is 32.7 Å². The molecule has 0 bridgehead atoms. The van der Waals surface area contributed by atoms with E-state index >= 15 is 0 Å². The molecule has 0 spiro atoms. The summed E-state index contributed by atoms with van der Waals surface area (Å²) in [6.07, 6.45) is 2.13. The summed E-state index contributed by atoms with van der Waals surface area (Å²) in [6, 6.07) is 4.05. The molecule has 0 fully saturated rings. The number of hydrogen-bond acceptors (Lipinski definition) is 5. The summed E-state index contributed by atoms with van der Waals surface area (Å²) in [6.45, 7) is 5.31. The molecule has 6 heteroatoms. The highest BCUT2D eigenvalue weighted by Crippen LogP contribution is 2.30. The van der Waals surface area contributed by atoms with Crippen molar-refractivity contribution in [1.82, 2.24) is 15.5 Å². The molecule has 4 nitrogen and oxygen atoms in total. The van der Waals surface area contributed by atoms with Crippen LogP contribution in [0.15, 0.2) is 21.2 Å². The first-order chi connectivity index (χ1) is 8.74. The van der Waals surface area contributed by atoms with Crippen LogP contribution in [-0.2, 0) is 0 Å². The van der Waals surface area contributed by atoms with Crippen LogP contribution >= 0.6 is 27.3 Å². The third-order valence-corrected chi connectivity index (χ3v) is 4.05. The van der Waals surface area contributed by atoms with Crippen LogP contribution < -0.4 is 5.32 Å². The highest BCUT2D eigenvalue weighted by Gasteiger charge is 2.16. The first kappa shape index (κ1) is 13.7. The van der Waals surface area contributed by atoms with Crippen molar-refractivity contribution in [2.24, 2.45) is 0 Å². The first-order valence-electron chi connectivity index (χ1n) is 6.07. The van der Waals surface area contributed by atoms with Gasteiger partial charge in [-0.3, -0.25) is 0 Å². The van der Waals surface area contributed by atoms with Crippen LogP contribution in [-0.4, -0.2) is 16.7 Å². The Morgan fingerprint density at radius 3 is 2.83 bits per heavy atom. The molecule has 2 aromatic heterocycles. The lowest BCUT2D eigenvalue weighted by molar-refractivity contribution is 0.512. The normalized spacial score (nSPS) is 12.8. The summed E-state index contributed by atoms with van der Waals surface area (Å²) < 4.78 is 6.19. The van der Waals surface area contributed by atoms with Crippen molar-refractivity contribution < 1.29 is 4.42 Å². The Kier molecular flexibility index (Phi) is 4.91. The van der Waals surface area contributed by atoms with Gasteiger partial charge in [-0.25, -0.2) is 0 Å². The van der Waals surface area contributed by atoms with Gasteiger partial charge in [0, 0.05) is 0 Å². The number of nitrogens with zero attached hydrogens (tertiary/aromatic N) is 2. The maximum Gasteiger partial charge on any atom is 0.183 e. The van der Waals surface area contributed by atoms with E-state index in [1.807, 2.05) is 12.1 Å². The second kappa shape index (κ2) is 6.45. The number of nitrogens with one attached hydrogen (secondary N) is 1. The average molecular weight is 330 g/mol. The molecule has 1 N–H and O–H groups in total. The molecule has 0 saturated heterocycles. The first-order valence-corrected chi connectivity index (χ1v) is 7.68. The van der Waals surface area contributed by atoms with Crippen molar-refractivity contribution >= 4 is 27.3 Å². The lowest BCUT2D eigenvalue weighted by atomic mass is 10.2. The van der Waals surface area contributed by atoms with Crippen LogP contribution in [0.3, 0.4) is 0 Å². The van der Waals surface area contributed by atoms with Gasteiger partial charge in [0.05, 0.1) is 6.04 Å². The minimum Gasteiger partial charge on any atom is -0.447 e. The van der Waals surface area contributed by atoms with Gasteiger partial charge < -0.3 is 9.73 Å². The summed E-state index contributed by atoms with van der Waals surface area (Å²) in [7, 11) is 0. The Balaban J connectivity index is 2.13. The molecule has 0 aliphatic heterocycles. The maximum absolute atomic E-state index is 5.48. The van der Waals surface area contributed by atoms with Crippen LogP contribution in [0, 0.1) is 0 Å². The van der Waals surface area contributed by atoms with Crippen molar-refractivity contribution in [2.75, 3.05) is 6.54 Å². The fourth-order valence-electron chi connectivity index (χ4n) is 1.63. The van der Waals surface area contributed by atoms with Gasteiger partial charge in [0.1, 0.15) is 5.01 Å². The highest BCUT2D eigenvalue weighted by molar-refractivity contribution is 9.10. The molecular weight excluding hydrogens is 314 g/mol. The van der Waals surface area contributed by atoms with Crippen molar-refractivity contribution in [1.29, 1.82) is 0 Å². The number of hydrogen-bond donors (Lipinski definition) is 1. The van der Waals surface area contributed by atoms with E-state index in [2.05, 4.69) is 45.3 Å². The van der Waals surface area contributed by atoms with E-state index in [4.69, 9.17) is 4.42 Å². The lowest BCUT2D eigenvalue weighted by Crippen LogP contribution is -2.21. The Morgan fingerprint density at radius 2 is 2.22 bits per heavy atom. The predicted molar refractivity (Wildman–Crippen MR) is 76.6 cm³/mol. The van der Waals surface area contributed by atoms with Crippen LogP contribution in [0.25, 0.3) is 10.8 Å². The Bertz CT molecular complexity index is 497. The number of furan rings is 1. The molecule has 18 heavy (non-hydrogen) atoms. The summed E-state index contributed by atoms with van der Waals surface area (Å²) in [5.41, 5.74) is 0. The molecule has 2 aromatic rings. The van der Waals surface area contributed by atoms with Gasteiger partial charge in [-0.2, -0.15) is 0 Å². The molecular formula is C12H16BrN3OS. The second-order valence-electron chi connectivity index (χ2n) is 3.96. The highest BCUT2D eigenvalue weighted by atomic mass is 79.9. The Labute approximate surface area is 119 Å².